The molecule has 0 unspecified atom stereocenters. The van der Waals surface area contributed by atoms with Crippen molar-refractivity contribution in [1.29, 1.82) is 0 Å². The third kappa shape index (κ3) is 83.8. The summed E-state index contributed by atoms with van der Waals surface area (Å²) < 4.78 is 8.74. The van der Waals surface area contributed by atoms with Gasteiger partial charge >= 0.3 is 8.25 Å². The van der Waals surface area contributed by atoms with Crippen LogP contribution < -0.4 is 5.32 Å². The molecular formula is C2H8NO3P. The van der Waals surface area contributed by atoms with Crippen molar-refractivity contribution in [2.45, 2.75) is 0 Å². The van der Waals surface area contributed by atoms with E-state index in [4.69, 9.17) is 14.4 Å². The summed E-state index contributed by atoms with van der Waals surface area (Å²) in [7, 11) is -3.13. The molecule has 0 aromatic rings. The summed E-state index contributed by atoms with van der Waals surface area (Å²) in [4.78, 5) is 14.3. The molecule has 0 aromatic heterocycles. The third-order valence-electron chi connectivity index (χ3n) is 0.250. The van der Waals surface area contributed by atoms with Crippen LogP contribution in [0.3, 0.4) is 0 Å². The Labute approximate surface area is 42.1 Å². The Kier molecular flexibility index (Phi) is 4.34. The molecule has 1 saturated heterocycles. The number of hydrogen-bond donors (Lipinski definition) is 3. The minimum absolute atomic E-state index is 1.25. The summed E-state index contributed by atoms with van der Waals surface area (Å²) in [6.07, 6.45) is 0. The third-order valence-corrected chi connectivity index (χ3v) is 0.250. The molecular weight excluding hydrogens is 117 g/mol. The van der Waals surface area contributed by atoms with Crippen LogP contribution in [-0.4, -0.2) is 22.9 Å². The number of rotatable bonds is 0. The fourth-order valence-corrected chi connectivity index (χ4v) is 0. The van der Waals surface area contributed by atoms with E-state index in [1.165, 1.54) is 13.1 Å². The Morgan fingerprint density at radius 3 is 1.57 bits per heavy atom. The zero-order valence-electron chi connectivity index (χ0n) is 3.72. The van der Waals surface area contributed by atoms with Crippen molar-refractivity contribution in [2.75, 3.05) is 13.1 Å². The molecule has 0 aromatic carbocycles. The van der Waals surface area contributed by atoms with Crippen molar-refractivity contribution in [3.8, 4) is 0 Å². The van der Waals surface area contributed by atoms with Crippen LogP contribution >= 0.6 is 8.25 Å². The monoisotopic (exact) mass is 125 g/mol. The SMILES string of the molecule is C1CN1.O=[PH](O)O. The molecule has 1 rings (SSSR count). The Bertz CT molecular complexity index is 57.2. The highest BCUT2D eigenvalue weighted by molar-refractivity contribution is 7.30. The van der Waals surface area contributed by atoms with Crippen LogP contribution in [-0.2, 0) is 4.57 Å². The van der Waals surface area contributed by atoms with Gasteiger partial charge in [0, 0.05) is 13.1 Å². The van der Waals surface area contributed by atoms with E-state index in [2.05, 4.69) is 5.32 Å². The molecule has 1 aliphatic heterocycles. The van der Waals surface area contributed by atoms with Gasteiger partial charge in [0.15, 0.2) is 0 Å². The first-order valence-electron chi connectivity index (χ1n) is 1.86. The Morgan fingerprint density at radius 1 is 1.43 bits per heavy atom. The maximum absolute atomic E-state index is 8.74. The minimum atomic E-state index is -3.13. The Morgan fingerprint density at radius 2 is 1.57 bits per heavy atom. The molecule has 0 aliphatic carbocycles. The lowest BCUT2D eigenvalue weighted by Gasteiger charge is -1.61. The average Bonchev–Trinajstić information content (AvgIpc) is 2.02. The quantitative estimate of drug-likeness (QED) is 0.285. The molecule has 0 atom stereocenters. The van der Waals surface area contributed by atoms with Crippen molar-refractivity contribution in [3.63, 3.8) is 0 Å². The lowest BCUT2D eigenvalue weighted by Crippen LogP contribution is -1.56. The molecule has 1 heterocycles. The smallest absolute Gasteiger partial charge is 0.314 e. The van der Waals surface area contributed by atoms with E-state index in [-0.39, 0.29) is 0 Å². The van der Waals surface area contributed by atoms with Gasteiger partial charge in [-0.1, -0.05) is 0 Å². The van der Waals surface area contributed by atoms with Crippen molar-refractivity contribution in [3.05, 3.63) is 0 Å². The summed E-state index contributed by atoms with van der Waals surface area (Å²) in [6.45, 7) is 2.50. The topological polar surface area (TPSA) is 79.5 Å². The second-order valence-electron chi connectivity index (χ2n) is 1.03. The number of nitrogens with one attached hydrogen (secondary N) is 1. The van der Waals surface area contributed by atoms with E-state index in [0.29, 0.717) is 0 Å². The van der Waals surface area contributed by atoms with Crippen LogP contribution in [0.4, 0.5) is 0 Å². The van der Waals surface area contributed by atoms with Gasteiger partial charge in [0.25, 0.3) is 0 Å². The summed E-state index contributed by atoms with van der Waals surface area (Å²) in [5.41, 5.74) is 0. The van der Waals surface area contributed by atoms with Gasteiger partial charge < -0.3 is 15.1 Å². The zero-order valence-corrected chi connectivity index (χ0v) is 4.72. The van der Waals surface area contributed by atoms with Gasteiger partial charge in [-0.2, -0.15) is 0 Å². The Hall–Kier alpha value is 0.110. The van der Waals surface area contributed by atoms with Gasteiger partial charge in [-0.05, 0) is 0 Å². The van der Waals surface area contributed by atoms with E-state index >= 15 is 0 Å². The van der Waals surface area contributed by atoms with E-state index in [9.17, 15) is 0 Å². The average molecular weight is 125 g/mol. The summed E-state index contributed by atoms with van der Waals surface area (Å²) in [5, 5.41) is 3.00. The first-order valence-corrected chi connectivity index (χ1v) is 3.16. The molecule has 1 aliphatic rings. The highest BCUT2D eigenvalue weighted by Crippen LogP contribution is 1.98. The summed E-state index contributed by atoms with van der Waals surface area (Å²) in [6, 6.07) is 0. The van der Waals surface area contributed by atoms with E-state index in [1.807, 2.05) is 0 Å². The fourth-order valence-electron chi connectivity index (χ4n) is 0. The lowest BCUT2D eigenvalue weighted by molar-refractivity contribution is 0.405. The zero-order chi connectivity index (χ0) is 5.70. The normalized spacial score (nSPS) is 15.3. The molecule has 5 heteroatoms. The predicted octanol–water partition coefficient (Wildman–Crippen LogP) is -1.05. The summed E-state index contributed by atoms with van der Waals surface area (Å²) >= 11 is 0. The molecule has 0 amide bonds. The molecule has 3 N–H and O–H groups in total. The molecule has 7 heavy (non-hydrogen) atoms. The van der Waals surface area contributed by atoms with E-state index in [1.54, 1.807) is 0 Å². The predicted molar refractivity (Wildman–Crippen MR) is 26.3 cm³/mol. The lowest BCUT2D eigenvalue weighted by atomic mass is 11.0. The Balaban J connectivity index is 0.000000105. The van der Waals surface area contributed by atoms with Crippen LogP contribution in [0, 0.1) is 0 Å². The second-order valence-corrected chi connectivity index (χ2v) is 1.60. The maximum atomic E-state index is 8.74. The van der Waals surface area contributed by atoms with Gasteiger partial charge in [-0.3, -0.25) is 4.57 Å². The number of hydrogen-bond acceptors (Lipinski definition) is 2. The van der Waals surface area contributed by atoms with Crippen LogP contribution in [0.25, 0.3) is 0 Å². The van der Waals surface area contributed by atoms with Crippen molar-refractivity contribution >= 4 is 8.25 Å². The van der Waals surface area contributed by atoms with Gasteiger partial charge in [0.05, 0.1) is 0 Å². The molecule has 1 fully saturated rings. The molecule has 44 valence electrons. The van der Waals surface area contributed by atoms with Crippen molar-refractivity contribution in [2.24, 2.45) is 0 Å². The van der Waals surface area contributed by atoms with Gasteiger partial charge in [-0.15, -0.1) is 0 Å². The second kappa shape index (κ2) is 4.27. The van der Waals surface area contributed by atoms with Crippen LogP contribution in [0.2, 0.25) is 0 Å². The van der Waals surface area contributed by atoms with Crippen LogP contribution in [0.15, 0.2) is 0 Å². The summed E-state index contributed by atoms with van der Waals surface area (Å²) in [5.74, 6) is 0. The van der Waals surface area contributed by atoms with E-state index in [0.717, 1.165) is 0 Å². The van der Waals surface area contributed by atoms with Gasteiger partial charge in [0.2, 0.25) is 0 Å². The van der Waals surface area contributed by atoms with Crippen LogP contribution in [0.5, 0.6) is 0 Å². The molecule has 0 bridgehead atoms. The molecule has 0 saturated carbocycles. The first kappa shape index (κ1) is 7.11. The standard InChI is InChI=1S/C2H5N.H3O3P/c1-2-3-1;1-4(2)3/h3H,1-2H2;4H,(H2,1,2,3). The van der Waals surface area contributed by atoms with Crippen molar-refractivity contribution < 1.29 is 14.4 Å². The van der Waals surface area contributed by atoms with Gasteiger partial charge in [0.1, 0.15) is 0 Å². The van der Waals surface area contributed by atoms with Crippen molar-refractivity contribution in [1.82, 2.24) is 5.32 Å². The van der Waals surface area contributed by atoms with E-state index < -0.39 is 8.25 Å². The largest absolute Gasteiger partial charge is 0.326 e. The highest BCUT2D eigenvalue weighted by Gasteiger charge is 1.91. The molecule has 0 spiro atoms. The van der Waals surface area contributed by atoms with Crippen LogP contribution in [0.1, 0.15) is 0 Å². The molecule has 0 radical (unpaired) electrons. The van der Waals surface area contributed by atoms with Gasteiger partial charge in [-0.25, -0.2) is 0 Å². The first-order chi connectivity index (χ1) is 3.23. The fraction of sp³-hybridized carbons (Fsp3) is 1.00. The molecule has 4 nitrogen and oxygen atoms in total. The minimum Gasteiger partial charge on any atom is -0.326 e. The highest BCUT2D eigenvalue weighted by atomic mass is 31.1. The maximum Gasteiger partial charge on any atom is 0.314 e.